The van der Waals surface area contributed by atoms with Gasteiger partial charge in [0.15, 0.2) is 11.5 Å². The minimum atomic E-state index is -0.685. The minimum absolute atomic E-state index is 0.0430. The second-order valence-electron chi connectivity index (χ2n) is 9.81. The Kier molecular flexibility index (Phi) is 9.88. The summed E-state index contributed by atoms with van der Waals surface area (Å²) < 4.78 is 5.42. The molecule has 0 fully saturated rings. The SMILES string of the molecule is CCOc1cc(CCNC(=O)Cc2cccc(CC(C)(C)NC[C@@H](O)c3ccc(N)nc3)c2)ccc1O. The molecule has 198 valence electrons. The highest BCUT2D eigenvalue weighted by Crippen LogP contribution is 2.27. The predicted molar refractivity (Wildman–Crippen MR) is 146 cm³/mol. The average Bonchev–Trinajstić information content (AvgIpc) is 2.85. The number of rotatable bonds is 13. The number of amides is 1. The fourth-order valence-corrected chi connectivity index (χ4v) is 4.11. The molecule has 3 aromatic rings. The third-order valence-electron chi connectivity index (χ3n) is 6.03. The summed E-state index contributed by atoms with van der Waals surface area (Å²) in [5, 5.41) is 26.7. The number of carbonyl (C=O) groups excluding carboxylic acids is 1. The maximum Gasteiger partial charge on any atom is 0.224 e. The van der Waals surface area contributed by atoms with Gasteiger partial charge in [0.2, 0.25) is 5.91 Å². The fourth-order valence-electron chi connectivity index (χ4n) is 4.11. The number of aromatic hydroxyl groups is 1. The first-order valence-corrected chi connectivity index (χ1v) is 12.6. The van der Waals surface area contributed by atoms with E-state index in [1.54, 1.807) is 30.5 Å². The lowest BCUT2D eigenvalue weighted by Crippen LogP contribution is -2.43. The van der Waals surface area contributed by atoms with Crippen LogP contribution >= 0.6 is 0 Å². The van der Waals surface area contributed by atoms with Crippen molar-refractivity contribution >= 4 is 11.7 Å². The first kappa shape index (κ1) is 28.0. The van der Waals surface area contributed by atoms with Crippen LogP contribution in [-0.4, -0.2) is 46.3 Å². The predicted octanol–water partition coefficient (Wildman–Crippen LogP) is 3.31. The number of aromatic nitrogens is 1. The zero-order valence-electron chi connectivity index (χ0n) is 21.8. The molecule has 37 heavy (non-hydrogen) atoms. The Bertz CT molecular complexity index is 1160. The van der Waals surface area contributed by atoms with E-state index in [4.69, 9.17) is 10.5 Å². The number of nitrogens with one attached hydrogen (secondary N) is 2. The molecule has 1 amide bonds. The Balaban J connectivity index is 1.47. The summed E-state index contributed by atoms with van der Waals surface area (Å²) in [5.74, 6) is 0.949. The number of β-amino-alcohol motifs (C(OH)–C–C–N with tert-alkyl or cyclic N) is 1. The van der Waals surface area contributed by atoms with Crippen molar-refractivity contribution in [2.24, 2.45) is 0 Å². The molecular formula is C29H38N4O4. The van der Waals surface area contributed by atoms with Gasteiger partial charge in [-0.3, -0.25) is 4.79 Å². The molecular weight excluding hydrogens is 468 g/mol. The largest absolute Gasteiger partial charge is 0.504 e. The molecule has 1 heterocycles. The van der Waals surface area contributed by atoms with Gasteiger partial charge in [0.1, 0.15) is 5.82 Å². The summed E-state index contributed by atoms with van der Waals surface area (Å²) in [5.41, 5.74) is 9.10. The Hall–Kier alpha value is -3.62. The van der Waals surface area contributed by atoms with Crippen molar-refractivity contribution < 1.29 is 19.7 Å². The highest BCUT2D eigenvalue weighted by atomic mass is 16.5. The average molecular weight is 507 g/mol. The maximum absolute atomic E-state index is 12.5. The zero-order chi connectivity index (χ0) is 26.8. The third-order valence-corrected chi connectivity index (χ3v) is 6.03. The molecule has 1 aromatic heterocycles. The maximum atomic E-state index is 12.5. The molecule has 0 bridgehead atoms. The summed E-state index contributed by atoms with van der Waals surface area (Å²) in [6.07, 6.45) is 2.58. The van der Waals surface area contributed by atoms with Gasteiger partial charge in [-0.05, 0) is 68.5 Å². The van der Waals surface area contributed by atoms with Crippen molar-refractivity contribution in [1.29, 1.82) is 0 Å². The number of hydrogen-bond acceptors (Lipinski definition) is 7. The Labute approximate surface area is 218 Å². The van der Waals surface area contributed by atoms with Gasteiger partial charge in [-0.1, -0.05) is 36.4 Å². The van der Waals surface area contributed by atoms with Gasteiger partial charge in [0, 0.05) is 30.4 Å². The number of benzene rings is 2. The molecule has 0 aliphatic carbocycles. The first-order chi connectivity index (χ1) is 17.6. The van der Waals surface area contributed by atoms with Crippen LogP contribution in [0, 0.1) is 0 Å². The monoisotopic (exact) mass is 506 g/mol. The van der Waals surface area contributed by atoms with E-state index in [-0.39, 0.29) is 17.2 Å². The second kappa shape index (κ2) is 13.1. The van der Waals surface area contributed by atoms with Crippen LogP contribution in [0.1, 0.15) is 49.1 Å². The van der Waals surface area contributed by atoms with Crippen molar-refractivity contribution in [3.8, 4) is 11.5 Å². The number of nitrogen functional groups attached to an aromatic ring is 1. The van der Waals surface area contributed by atoms with Gasteiger partial charge >= 0.3 is 0 Å². The lowest BCUT2D eigenvalue weighted by atomic mass is 9.93. The van der Waals surface area contributed by atoms with Crippen molar-refractivity contribution in [3.05, 3.63) is 83.0 Å². The topological polar surface area (TPSA) is 130 Å². The molecule has 0 saturated carbocycles. The van der Waals surface area contributed by atoms with E-state index in [1.807, 2.05) is 31.2 Å². The molecule has 0 saturated heterocycles. The van der Waals surface area contributed by atoms with E-state index in [2.05, 4.69) is 35.5 Å². The molecule has 0 unspecified atom stereocenters. The number of nitrogens with two attached hydrogens (primary N) is 1. The summed E-state index contributed by atoms with van der Waals surface area (Å²) in [6, 6.07) is 16.7. The van der Waals surface area contributed by atoms with Crippen molar-refractivity contribution in [1.82, 2.24) is 15.6 Å². The zero-order valence-corrected chi connectivity index (χ0v) is 21.8. The van der Waals surface area contributed by atoms with Gasteiger partial charge in [-0.15, -0.1) is 0 Å². The van der Waals surface area contributed by atoms with Gasteiger partial charge in [0.05, 0.1) is 19.1 Å². The summed E-state index contributed by atoms with van der Waals surface area (Å²) in [6.45, 7) is 7.39. The number of phenols is 1. The molecule has 0 spiro atoms. The van der Waals surface area contributed by atoms with Gasteiger partial charge in [-0.2, -0.15) is 0 Å². The first-order valence-electron chi connectivity index (χ1n) is 12.6. The van der Waals surface area contributed by atoms with Gasteiger partial charge < -0.3 is 31.3 Å². The standard InChI is InChI=1S/C29H38N4O4/c1-4-37-26-15-20(8-10-24(26)34)12-13-31-28(36)16-21-6-5-7-22(14-21)17-29(2,3)33-19-25(35)23-9-11-27(30)32-18-23/h5-11,14-15,18,25,33-35H,4,12-13,16-17,19H2,1-3H3,(H2,30,32)(H,31,36)/t25-/m1/s1. The van der Waals surface area contributed by atoms with Crippen molar-refractivity contribution in [2.45, 2.75) is 51.7 Å². The fraction of sp³-hybridized carbons (Fsp3) is 0.379. The quantitative estimate of drug-likeness (QED) is 0.240. The number of anilines is 1. The summed E-state index contributed by atoms with van der Waals surface area (Å²) in [4.78, 5) is 16.6. The normalized spacial score (nSPS) is 12.2. The van der Waals surface area contributed by atoms with Crippen molar-refractivity contribution in [3.63, 3.8) is 0 Å². The molecule has 0 radical (unpaired) electrons. The highest BCUT2D eigenvalue weighted by molar-refractivity contribution is 5.78. The number of ether oxygens (including phenoxy) is 1. The van der Waals surface area contributed by atoms with Crippen LogP contribution < -0.4 is 21.1 Å². The molecule has 2 aromatic carbocycles. The van der Waals surface area contributed by atoms with Crippen LogP contribution in [0.15, 0.2) is 60.8 Å². The van der Waals surface area contributed by atoms with E-state index in [0.717, 1.165) is 23.1 Å². The molecule has 8 heteroatoms. The highest BCUT2D eigenvalue weighted by Gasteiger charge is 2.20. The number of hydrogen-bond donors (Lipinski definition) is 5. The van der Waals surface area contributed by atoms with Crippen LogP contribution in [0.2, 0.25) is 0 Å². The molecule has 1 atom stereocenters. The number of aliphatic hydroxyl groups is 1. The van der Waals surface area contributed by atoms with E-state index in [0.29, 0.717) is 49.7 Å². The lowest BCUT2D eigenvalue weighted by Gasteiger charge is -2.28. The van der Waals surface area contributed by atoms with Crippen molar-refractivity contribution in [2.75, 3.05) is 25.4 Å². The third kappa shape index (κ3) is 9.08. The Morgan fingerprint density at radius 2 is 1.89 bits per heavy atom. The number of nitrogens with zero attached hydrogens (tertiary/aromatic N) is 1. The smallest absolute Gasteiger partial charge is 0.224 e. The molecule has 0 aliphatic rings. The number of pyridine rings is 1. The summed E-state index contributed by atoms with van der Waals surface area (Å²) in [7, 11) is 0. The number of phenolic OH excluding ortho intramolecular Hbond substituents is 1. The molecule has 0 aliphatic heterocycles. The second-order valence-corrected chi connectivity index (χ2v) is 9.81. The van der Waals surface area contributed by atoms with Crippen LogP contribution in [0.5, 0.6) is 11.5 Å². The van der Waals surface area contributed by atoms with Crippen LogP contribution in [0.3, 0.4) is 0 Å². The summed E-state index contributed by atoms with van der Waals surface area (Å²) >= 11 is 0. The van der Waals surface area contributed by atoms with Crippen LogP contribution in [0.25, 0.3) is 0 Å². The molecule has 6 N–H and O–H groups in total. The minimum Gasteiger partial charge on any atom is -0.504 e. The van der Waals surface area contributed by atoms with E-state index in [1.165, 1.54) is 0 Å². The van der Waals surface area contributed by atoms with Crippen LogP contribution in [0.4, 0.5) is 5.82 Å². The van der Waals surface area contributed by atoms with Gasteiger partial charge in [0.25, 0.3) is 0 Å². The van der Waals surface area contributed by atoms with Crippen LogP contribution in [-0.2, 0) is 24.1 Å². The Morgan fingerprint density at radius 1 is 1.11 bits per heavy atom. The van der Waals surface area contributed by atoms with E-state index in [9.17, 15) is 15.0 Å². The van der Waals surface area contributed by atoms with Gasteiger partial charge in [-0.25, -0.2) is 4.98 Å². The number of aliphatic hydroxyl groups excluding tert-OH is 1. The van der Waals surface area contributed by atoms with E-state index < -0.39 is 6.10 Å². The van der Waals surface area contributed by atoms with E-state index >= 15 is 0 Å². The lowest BCUT2D eigenvalue weighted by molar-refractivity contribution is -0.120. The number of carbonyl (C=O) groups is 1. The Morgan fingerprint density at radius 3 is 2.62 bits per heavy atom. The molecule has 3 rings (SSSR count). The molecule has 8 nitrogen and oxygen atoms in total.